The first kappa shape index (κ1) is 13.3. The lowest BCUT2D eigenvalue weighted by Crippen LogP contribution is -2.05. The summed E-state index contributed by atoms with van der Waals surface area (Å²) in [5, 5.41) is 0. The first-order valence-corrected chi connectivity index (χ1v) is 4.51. The summed E-state index contributed by atoms with van der Waals surface area (Å²) in [7, 11) is 0. The third-order valence-electron chi connectivity index (χ3n) is 1.36. The molecular weight excluding hydrogens is 134 g/mol. The molecule has 1 heteroatoms. The fraction of sp³-hybridized carbons (Fsp3) is 0.800. The van der Waals surface area contributed by atoms with Gasteiger partial charge in [-0.1, -0.05) is 26.3 Å². The van der Waals surface area contributed by atoms with Crippen molar-refractivity contribution in [1.29, 1.82) is 0 Å². The van der Waals surface area contributed by atoms with Crippen molar-refractivity contribution in [3.8, 4) is 0 Å². The molecule has 0 aromatic heterocycles. The number of hydrogen-bond donors (Lipinski definition) is 1. The SMILES string of the molecule is C=C(C)CC(C)CCN.CC. The second-order valence-corrected chi connectivity index (χ2v) is 2.84. The fourth-order valence-corrected chi connectivity index (χ4v) is 0.981. The van der Waals surface area contributed by atoms with Crippen LogP contribution in [0.3, 0.4) is 0 Å². The highest BCUT2D eigenvalue weighted by atomic mass is 14.5. The number of allylic oxidation sites excluding steroid dienone is 1. The molecule has 0 radical (unpaired) electrons. The Hall–Kier alpha value is -0.300. The molecule has 0 spiro atoms. The Labute approximate surface area is 71.7 Å². The van der Waals surface area contributed by atoms with E-state index in [9.17, 15) is 0 Å². The second kappa shape index (κ2) is 9.70. The molecule has 0 aromatic rings. The van der Waals surface area contributed by atoms with Gasteiger partial charge in [0.25, 0.3) is 0 Å². The van der Waals surface area contributed by atoms with Crippen LogP contribution in [0.5, 0.6) is 0 Å². The molecule has 2 N–H and O–H groups in total. The van der Waals surface area contributed by atoms with Crippen molar-refractivity contribution in [3.63, 3.8) is 0 Å². The monoisotopic (exact) mass is 157 g/mol. The van der Waals surface area contributed by atoms with Gasteiger partial charge in [-0.05, 0) is 32.2 Å². The third-order valence-corrected chi connectivity index (χ3v) is 1.36. The molecule has 0 aromatic carbocycles. The summed E-state index contributed by atoms with van der Waals surface area (Å²) in [6.45, 7) is 12.9. The molecule has 68 valence electrons. The number of hydrogen-bond acceptors (Lipinski definition) is 1. The van der Waals surface area contributed by atoms with Gasteiger partial charge in [-0.15, -0.1) is 6.58 Å². The van der Waals surface area contributed by atoms with Crippen molar-refractivity contribution in [1.82, 2.24) is 0 Å². The molecule has 0 heterocycles. The van der Waals surface area contributed by atoms with Crippen LogP contribution < -0.4 is 5.73 Å². The quantitative estimate of drug-likeness (QED) is 0.624. The maximum Gasteiger partial charge on any atom is -0.00746 e. The molecule has 11 heavy (non-hydrogen) atoms. The lowest BCUT2D eigenvalue weighted by Gasteiger charge is -2.07. The van der Waals surface area contributed by atoms with Gasteiger partial charge in [0.15, 0.2) is 0 Å². The molecular formula is C10H23N. The minimum atomic E-state index is 0.715. The van der Waals surface area contributed by atoms with Gasteiger partial charge < -0.3 is 5.73 Å². The molecule has 1 unspecified atom stereocenters. The molecule has 0 saturated carbocycles. The Bertz CT molecular complexity index is 86.9. The molecule has 0 aliphatic carbocycles. The zero-order chi connectivity index (χ0) is 9.28. The van der Waals surface area contributed by atoms with E-state index in [1.54, 1.807) is 0 Å². The fourth-order valence-electron chi connectivity index (χ4n) is 0.981. The lowest BCUT2D eigenvalue weighted by molar-refractivity contribution is 0.537. The average molecular weight is 157 g/mol. The van der Waals surface area contributed by atoms with Gasteiger partial charge in [-0.25, -0.2) is 0 Å². The molecule has 0 amide bonds. The molecule has 1 nitrogen and oxygen atoms in total. The third kappa shape index (κ3) is 12.8. The van der Waals surface area contributed by atoms with E-state index < -0.39 is 0 Å². The van der Waals surface area contributed by atoms with Gasteiger partial charge >= 0.3 is 0 Å². The minimum Gasteiger partial charge on any atom is -0.330 e. The van der Waals surface area contributed by atoms with Crippen LogP contribution in [0.15, 0.2) is 12.2 Å². The van der Waals surface area contributed by atoms with Gasteiger partial charge in [0, 0.05) is 0 Å². The van der Waals surface area contributed by atoms with E-state index >= 15 is 0 Å². The van der Waals surface area contributed by atoms with Gasteiger partial charge in [0.2, 0.25) is 0 Å². The van der Waals surface area contributed by atoms with E-state index in [-0.39, 0.29) is 0 Å². The van der Waals surface area contributed by atoms with Crippen LogP contribution in [0.2, 0.25) is 0 Å². The van der Waals surface area contributed by atoms with Crippen LogP contribution in [0, 0.1) is 5.92 Å². The zero-order valence-electron chi connectivity index (χ0n) is 8.48. The second-order valence-electron chi connectivity index (χ2n) is 2.84. The smallest absolute Gasteiger partial charge is 0.00746 e. The van der Waals surface area contributed by atoms with Crippen LogP contribution in [0.1, 0.15) is 40.5 Å². The van der Waals surface area contributed by atoms with Crippen molar-refractivity contribution in [3.05, 3.63) is 12.2 Å². The Morgan fingerprint density at radius 1 is 1.45 bits per heavy atom. The average Bonchev–Trinajstić information content (AvgIpc) is 1.91. The normalized spacial score (nSPS) is 11.4. The summed E-state index contributed by atoms with van der Waals surface area (Å²) in [6.07, 6.45) is 2.24. The van der Waals surface area contributed by atoms with Crippen LogP contribution in [-0.2, 0) is 0 Å². The van der Waals surface area contributed by atoms with E-state index in [0.717, 1.165) is 19.4 Å². The van der Waals surface area contributed by atoms with Crippen LogP contribution in [0.25, 0.3) is 0 Å². The zero-order valence-corrected chi connectivity index (χ0v) is 8.48. The van der Waals surface area contributed by atoms with E-state index in [4.69, 9.17) is 5.73 Å². The molecule has 0 rings (SSSR count). The molecule has 0 saturated heterocycles. The van der Waals surface area contributed by atoms with Crippen molar-refractivity contribution in [2.24, 2.45) is 11.7 Å². The Balaban J connectivity index is 0. The first-order valence-electron chi connectivity index (χ1n) is 4.51. The van der Waals surface area contributed by atoms with Gasteiger partial charge in [0.1, 0.15) is 0 Å². The predicted molar refractivity (Wildman–Crippen MR) is 53.6 cm³/mol. The highest BCUT2D eigenvalue weighted by Gasteiger charge is 1.98. The van der Waals surface area contributed by atoms with E-state index in [1.807, 2.05) is 13.8 Å². The molecule has 0 aliphatic rings. The number of rotatable bonds is 4. The summed E-state index contributed by atoms with van der Waals surface area (Å²) in [6, 6.07) is 0. The first-order chi connectivity index (χ1) is 5.16. The summed E-state index contributed by atoms with van der Waals surface area (Å²) >= 11 is 0. The molecule has 1 atom stereocenters. The largest absolute Gasteiger partial charge is 0.330 e. The number of nitrogens with two attached hydrogens (primary N) is 1. The predicted octanol–water partition coefficient (Wildman–Crippen LogP) is 2.96. The van der Waals surface area contributed by atoms with Gasteiger partial charge in [0.05, 0.1) is 0 Å². The van der Waals surface area contributed by atoms with Crippen molar-refractivity contribution in [2.45, 2.75) is 40.5 Å². The van der Waals surface area contributed by atoms with Crippen molar-refractivity contribution >= 4 is 0 Å². The highest BCUT2D eigenvalue weighted by Crippen LogP contribution is 2.11. The topological polar surface area (TPSA) is 26.0 Å². The van der Waals surface area contributed by atoms with E-state index in [2.05, 4.69) is 20.4 Å². The Morgan fingerprint density at radius 3 is 2.18 bits per heavy atom. The van der Waals surface area contributed by atoms with Gasteiger partial charge in [-0.2, -0.15) is 0 Å². The Kier molecular flexibility index (Phi) is 11.7. The summed E-state index contributed by atoms with van der Waals surface area (Å²) in [5.41, 5.74) is 6.64. The van der Waals surface area contributed by atoms with Crippen molar-refractivity contribution < 1.29 is 0 Å². The van der Waals surface area contributed by atoms with E-state index in [1.165, 1.54) is 5.57 Å². The maximum absolute atomic E-state index is 5.38. The summed E-state index contributed by atoms with van der Waals surface area (Å²) in [5.74, 6) is 0.715. The minimum absolute atomic E-state index is 0.715. The molecule has 0 bridgehead atoms. The van der Waals surface area contributed by atoms with Crippen LogP contribution in [0.4, 0.5) is 0 Å². The van der Waals surface area contributed by atoms with Crippen molar-refractivity contribution in [2.75, 3.05) is 6.54 Å². The maximum atomic E-state index is 5.38. The van der Waals surface area contributed by atoms with Crippen LogP contribution >= 0.6 is 0 Å². The standard InChI is InChI=1S/C8H17N.C2H6/c1-7(2)6-8(3)4-5-9;1-2/h8H,1,4-6,9H2,2-3H3;1-2H3. The highest BCUT2D eigenvalue weighted by molar-refractivity contribution is 4.89. The van der Waals surface area contributed by atoms with Gasteiger partial charge in [-0.3, -0.25) is 0 Å². The Morgan fingerprint density at radius 2 is 1.91 bits per heavy atom. The lowest BCUT2D eigenvalue weighted by atomic mass is 10.0. The summed E-state index contributed by atoms with van der Waals surface area (Å²) in [4.78, 5) is 0. The molecule has 0 aliphatic heterocycles. The van der Waals surface area contributed by atoms with E-state index in [0.29, 0.717) is 5.92 Å². The summed E-state index contributed by atoms with van der Waals surface area (Å²) < 4.78 is 0. The van der Waals surface area contributed by atoms with Crippen LogP contribution in [-0.4, -0.2) is 6.54 Å². The molecule has 0 fully saturated rings.